The second-order valence-corrected chi connectivity index (χ2v) is 9.95. The lowest BCUT2D eigenvalue weighted by atomic mass is 10.0. The fourth-order valence-electron chi connectivity index (χ4n) is 3.41. The van der Waals surface area contributed by atoms with E-state index in [1.807, 2.05) is 54.6 Å². The Kier molecular flexibility index (Phi) is 8.39. The highest BCUT2D eigenvalue weighted by atomic mass is 32.2. The van der Waals surface area contributed by atoms with Crippen molar-refractivity contribution in [3.05, 3.63) is 106 Å². The first-order valence-corrected chi connectivity index (χ1v) is 12.9. The average Bonchev–Trinajstić information content (AvgIpc) is 2.92. The van der Waals surface area contributed by atoms with E-state index in [2.05, 4.69) is 6.08 Å². The summed E-state index contributed by atoms with van der Waals surface area (Å²) in [5.41, 5.74) is 3.31. The molecule has 0 N–H and O–H groups in total. The molecule has 1 fully saturated rings. The van der Waals surface area contributed by atoms with Crippen molar-refractivity contribution < 1.29 is 19.0 Å². The summed E-state index contributed by atoms with van der Waals surface area (Å²) in [5.74, 6) is 3.68. The minimum Gasteiger partial charge on any atom is -0.497 e. The van der Waals surface area contributed by atoms with Gasteiger partial charge in [-0.05, 0) is 71.5 Å². The van der Waals surface area contributed by atoms with Gasteiger partial charge in [0, 0.05) is 5.57 Å². The van der Waals surface area contributed by atoms with Crippen LogP contribution in [0.25, 0.3) is 11.6 Å². The minimum absolute atomic E-state index is 0.395. The van der Waals surface area contributed by atoms with E-state index in [4.69, 9.17) is 14.2 Å². The number of hydrogen-bond donors (Lipinski definition) is 0. The molecule has 34 heavy (non-hydrogen) atoms. The normalized spacial score (nSPS) is 13.8. The van der Waals surface area contributed by atoms with Crippen LogP contribution in [0.2, 0.25) is 0 Å². The van der Waals surface area contributed by atoms with Crippen LogP contribution in [0, 0.1) is 0 Å². The molecular formula is C28H26O4S2. The quantitative estimate of drug-likeness (QED) is 0.199. The summed E-state index contributed by atoms with van der Waals surface area (Å²) < 4.78 is 17.7. The van der Waals surface area contributed by atoms with E-state index in [0.29, 0.717) is 17.1 Å². The molecule has 174 valence electrons. The lowest BCUT2D eigenvalue weighted by Crippen LogP contribution is -2.09. The van der Waals surface area contributed by atoms with Gasteiger partial charge in [-0.25, -0.2) is 4.79 Å². The summed E-state index contributed by atoms with van der Waals surface area (Å²) >= 11 is 3.48. The molecule has 1 heterocycles. The van der Waals surface area contributed by atoms with Crippen molar-refractivity contribution in [1.82, 2.24) is 0 Å². The minimum atomic E-state index is -0.395. The fourth-order valence-corrected chi connectivity index (χ4v) is 5.94. The maximum absolute atomic E-state index is 13.2. The highest BCUT2D eigenvalue weighted by Crippen LogP contribution is 2.42. The second kappa shape index (κ2) is 11.9. The van der Waals surface area contributed by atoms with E-state index in [1.54, 1.807) is 62.0 Å². The molecule has 1 saturated heterocycles. The van der Waals surface area contributed by atoms with Gasteiger partial charge >= 0.3 is 5.97 Å². The SMILES string of the molecule is COc1ccc(C=C(C(OC(=O)c2ccc(OC)cc2)=C2SCCCS2)c2ccccc2)cc1. The van der Waals surface area contributed by atoms with Crippen LogP contribution in [0.3, 0.4) is 0 Å². The molecular weight excluding hydrogens is 464 g/mol. The molecule has 3 aromatic carbocycles. The van der Waals surface area contributed by atoms with E-state index < -0.39 is 5.97 Å². The van der Waals surface area contributed by atoms with Crippen LogP contribution in [0.15, 0.2) is 88.9 Å². The number of carbonyl (C=O) groups is 1. The van der Waals surface area contributed by atoms with Gasteiger partial charge in [-0.15, -0.1) is 23.5 Å². The first kappa shape index (κ1) is 24.0. The number of thioether (sulfide) groups is 2. The van der Waals surface area contributed by atoms with Crippen LogP contribution in [-0.2, 0) is 4.74 Å². The van der Waals surface area contributed by atoms with Crippen molar-refractivity contribution in [2.45, 2.75) is 6.42 Å². The van der Waals surface area contributed by atoms with Crippen LogP contribution in [0.4, 0.5) is 0 Å². The van der Waals surface area contributed by atoms with E-state index in [-0.39, 0.29) is 0 Å². The van der Waals surface area contributed by atoms with Gasteiger partial charge in [0.15, 0.2) is 5.76 Å². The van der Waals surface area contributed by atoms with E-state index in [0.717, 1.165) is 44.6 Å². The number of rotatable bonds is 7. The Labute approximate surface area is 209 Å². The molecule has 0 unspecified atom stereocenters. The summed E-state index contributed by atoms with van der Waals surface area (Å²) in [6, 6.07) is 24.9. The predicted molar refractivity (Wildman–Crippen MR) is 142 cm³/mol. The standard InChI is InChI=1S/C28H26O4S2/c1-30-23-13-9-20(10-14-23)19-25(21-7-4-3-5-8-21)26(28-33-17-6-18-34-28)32-27(29)22-11-15-24(31-2)16-12-22/h3-5,7-16,19H,6,17-18H2,1-2H3. The molecule has 4 nitrogen and oxygen atoms in total. The van der Waals surface area contributed by atoms with Crippen LogP contribution in [0.1, 0.15) is 27.9 Å². The third kappa shape index (κ3) is 6.07. The fraction of sp³-hybridized carbons (Fsp3) is 0.179. The maximum atomic E-state index is 13.2. The van der Waals surface area contributed by atoms with E-state index in [1.165, 1.54) is 0 Å². The van der Waals surface area contributed by atoms with Gasteiger partial charge in [0.05, 0.1) is 24.0 Å². The Morgan fingerprint density at radius 2 is 1.35 bits per heavy atom. The second-order valence-electron chi connectivity index (χ2n) is 7.48. The number of ether oxygens (including phenoxy) is 3. The molecule has 4 rings (SSSR count). The zero-order valence-electron chi connectivity index (χ0n) is 19.2. The zero-order chi connectivity index (χ0) is 23.8. The Hall–Kier alpha value is -3.09. The number of carbonyl (C=O) groups excluding carboxylic acids is 1. The first-order valence-electron chi connectivity index (χ1n) is 11.0. The highest BCUT2D eigenvalue weighted by Gasteiger charge is 2.23. The van der Waals surface area contributed by atoms with Crippen LogP contribution < -0.4 is 9.47 Å². The van der Waals surface area contributed by atoms with E-state index >= 15 is 0 Å². The Balaban J connectivity index is 1.78. The van der Waals surface area contributed by atoms with Crippen molar-refractivity contribution in [3.8, 4) is 11.5 Å². The molecule has 0 saturated carbocycles. The maximum Gasteiger partial charge on any atom is 0.343 e. The Bertz CT molecular complexity index is 1160. The summed E-state index contributed by atoms with van der Waals surface area (Å²) in [4.78, 5) is 13.2. The molecule has 0 spiro atoms. The molecule has 3 aromatic rings. The summed E-state index contributed by atoms with van der Waals surface area (Å²) in [6.07, 6.45) is 3.19. The topological polar surface area (TPSA) is 44.8 Å². The Morgan fingerprint density at radius 1 is 0.765 bits per heavy atom. The molecule has 0 atom stereocenters. The largest absolute Gasteiger partial charge is 0.497 e. The van der Waals surface area contributed by atoms with Crippen LogP contribution in [0.5, 0.6) is 11.5 Å². The third-order valence-corrected chi connectivity index (χ3v) is 7.80. The van der Waals surface area contributed by atoms with Crippen molar-refractivity contribution in [3.63, 3.8) is 0 Å². The van der Waals surface area contributed by atoms with Crippen molar-refractivity contribution >= 4 is 41.1 Å². The van der Waals surface area contributed by atoms with Crippen LogP contribution >= 0.6 is 23.5 Å². The van der Waals surface area contributed by atoms with Gasteiger partial charge < -0.3 is 14.2 Å². The number of allylic oxidation sites excluding steroid dienone is 1. The molecule has 0 aliphatic carbocycles. The molecule has 6 heteroatoms. The van der Waals surface area contributed by atoms with Crippen molar-refractivity contribution in [2.75, 3.05) is 25.7 Å². The first-order chi connectivity index (χ1) is 16.7. The molecule has 0 amide bonds. The Morgan fingerprint density at radius 3 is 1.94 bits per heavy atom. The lowest BCUT2D eigenvalue weighted by molar-refractivity contribution is 0.0641. The molecule has 1 aliphatic rings. The van der Waals surface area contributed by atoms with E-state index in [9.17, 15) is 4.79 Å². The monoisotopic (exact) mass is 490 g/mol. The van der Waals surface area contributed by atoms with Crippen molar-refractivity contribution in [1.29, 1.82) is 0 Å². The molecule has 0 bridgehead atoms. The number of methoxy groups -OCH3 is 2. The lowest BCUT2D eigenvalue weighted by Gasteiger charge is -2.20. The van der Waals surface area contributed by atoms with Gasteiger partial charge in [0.2, 0.25) is 0 Å². The summed E-state index contributed by atoms with van der Waals surface area (Å²) in [7, 11) is 3.25. The zero-order valence-corrected chi connectivity index (χ0v) is 20.8. The van der Waals surface area contributed by atoms with Gasteiger partial charge in [0.1, 0.15) is 11.5 Å². The molecule has 1 aliphatic heterocycles. The highest BCUT2D eigenvalue weighted by molar-refractivity contribution is 8.22. The summed E-state index contributed by atoms with van der Waals surface area (Å²) in [6.45, 7) is 0. The van der Waals surface area contributed by atoms with Crippen LogP contribution in [-0.4, -0.2) is 31.7 Å². The van der Waals surface area contributed by atoms with Gasteiger partial charge in [-0.2, -0.15) is 0 Å². The average molecular weight is 491 g/mol. The number of hydrogen-bond acceptors (Lipinski definition) is 6. The van der Waals surface area contributed by atoms with Gasteiger partial charge in [-0.3, -0.25) is 0 Å². The predicted octanol–water partition coefficient (Wildman–Crippen LogP) is 7.14. The molecule has 0 aromatic heterocycles. The number of esters is 1. The molecule has 0 radical (unpaired) electrons. The van der Waals surface area contributed by atoms with Gasteiger partial charge in [-0.1, -0.05) is 42.5 Å². The van der Waals surface area contributed by atoms with Crippen molar-refractivity contribution in [2.24, 2.45) is 0 Å². The third-order valence-electron chi connectivity index (χ3n) is 5.22. The summed E-state index contributed by atoms with van der Waals surface area (Å²) in [5, 5.41) is 0. The van der Waals surface area contributed by atoms with Gasteiger partial charge in [0.25, 0.3) is 0 Å². The smallest absolute Gasteiger partial charge is 0.343 e. The number of benzene rings is 3.